The normalized spacial score (nSPS) is 18.4. The Kier molecular flexibility index (Phi) is 60.6. The lowest BCUT2D eigenvalue weighted by Gasteiger charge is -2.40. The Morgan fingerprint density at radius 2 is 0.828 bits per heavy atom. The van der Waals surface area contributed by atoms with Gasteiger partial charge in [-0.05, 0) is 110 Å². The molecule has 1 aliphatic rings. The van der Waals surface area contributed by atoms with Crippen LogP contribution in [0.4, 0.5) is 0 Å². The Morgan fingerprint density at radius 3 is 1.26 bits per heavy atom. The summed E-state index contributed by atoms with van der Waals surface area (Å²) >= 11 is 0. The first-order valence-corrected chi connectivity index (χ1v) is 36.3. The molecule has 1 saturated heterocycles. The van der Waals surface area contributed by atoms with E-state index in [2.05, 4.69) is 79.1 Å². The number of aliphatic hydroxyl groups excluding tert-OH is 5. The summed E-state index contributed by atoms with van der Waals surface area (Å²) in [5, 5.41) is 54.2. The maximum atomic E-state index is 13.0. The van der Waals surface area contributed by atoms with E-state index in [9.17, 15) is 35.1 Å². The van der Waals surface area contributed by atoms with E-state index in [1.165, 1.54) is 218 Å². The number of allylic oxidation sites excluding steroid dienone is 13. The number of esters is 1. The number of hydrogen-bond acceptors (Lipinski definition) is 10. The first-order chi connectivity index (χ1) is 42.7. The summed E-state index contributed by atoms with van der Waals surface area (Å²) in [4.78, 5) is 25.0. The summed E-state index contributed by atoms with van der Waals surface area (Å²) in [5.41, 5.74) is 0. The van der Waals surface area contributed by atoms with E-state index in [1.807, 2.05) is 19.1 Å². The topological polar surface area (TPSA) is 175 Å². The third-order valence-electron chi connectivity index (χ3n) is 16.8. The second-order valence-electron chi connectivity index (χ2n) is 24.9. The number of amides is 1. The summed E-state index contributed by atoms with van der Waals surface area (Å²) in [6, 6.07) is -0.833. The zero-order chi connectivity index (χ0) is 63.0. The molecule has 0 radical (unpaired) electrons. The fraction of sp³-hybridized carbons (Fsp3) is 0.789. The molecule has 0 saturated carbocycles. The molecular weight excluding hydrogens is 1090 g/mol. The van der Waals surface area contributed by atoms with Crippen LogP contribution in [0.2, 0.25) is 0 Å². The molecular formula is C76H135NO10. The Balaban J connectivity index is 1.90. The minimum absolute atomic E-state index is 0.00382. The molecule has 6 N–H and O–H groups in total. The average molecular weight is 1220 g/mol. The molecule has 0 aromatic carbocycles. The van der Waals surface area contributed by atoms with E-state index in [0.29, 0.717) is 19.4 Å². The molecule has 504 valence electrons. The third kappa shape index (κ3) is 53.2. The fourth-order valence-corrected chi connectivity index (χ4v) is 11.1. The van der Waals surface area contributed by atoms with Crippen molar-refractivity contribution in [3.63, 3.8) is 0 Å². The molecule has 1 aliphatic heterocycles. The Bertz CT molecular complexity index is 1720. The van der Waals surface area contributed by atoms with Crippen LogP contribution in [0, 0.1) is 0 Å². The molecule has 11 heteroatoms. The number of aliphatic hydroxyl groups is 5. The number of rotatable bonds is 63. The molecule has 1 rings (SSSR count). The molecule has 0 aliphatic carbocycles. The van der Waals surface area contributed by atoms with Crippen molar-refractivity contribution in [1.29, 1.82) is 0 Å². The van der Waals surface area contributed by atoms with Crippen LogP contribution < -0.4 is 5.32 Å². The van der Waals surface area contributed by atoms with E-state index in [1.54, 1.807) is 6.08 Å². The second kappa shape index (κ2) is 64.4. The van der Waals surface area contributed by atoms with E-state index in [0.717, 1.165) is 77.0 Å². The van der Waals surface area contributed by atoms with Gasteiger partial charge in [0, 0.05) is 12.8 Å². The lowest BCUT2D eigenvalue weighted by molar-refractivity contribution is -0.302. The Labute approximate surface area is 533 Å². The van der Waals surface area contributed by atoms with Crippen LogP contribution in [-0.4, -0.2) is 100 Å². The summed E-state index contributed by atoms with van der Waals surface area (Å²) in [5.74, 6) is -0.201. The summed E-state index contributed by atoms with van der Waals surface area (Å²) in [7, 11) is 0. The van der Waals surface area contributed by atoms with Crippen LogP contribution in [0.15, 0.2) is 85.1 Å². The molecule has 87 heavy (non-hydrogen) atoms. The average Bonchev–Trinajstić information content (AvgIpc) is 1.99. The minimum Gasteiger partial charge on any atom is -0.466 e. The summed E-state index contributed by atoms with van der Waals surface area (Å²) < 4.78 is 16.7. The highest BCUT2D eigenvalue weighted by Crippen LogP contribution is 2.23. The van der Waals surface area contributed by atoms with Crippen LogP contribution in [0.1, 0.15) is 322 Å². The zero-order valence-electron chi connectivity index (χ0n) is 56.0. The maximum absolute atomic E-state index is 13.0. The van der Waals surface area contributed by atoms with Crippen LogP contribution in [0.25, 0.3) is 0 Å². The molecule has 1 fully saturated rings. The Morgan fingerprint density at radius 1 is 0.448 bits per heavy atom. The smallest absolute Gasteiger partial charge is 0.305 e. The summed E-state index contributed by atoms with van der Waals surface area (Å²) in [6.07, 6.45) is 79.2. The highest BCUT2D eigenvalue weighted by atomic mass is 16.7. The molecule has 1 amide bonds. The molecule has 11 nitrogen and oxygen atoms in total. The van der Waals surface area contributed by atoms with Crippen molar-refractivity contribution in [2.45, 2.75) is 365 Å². The Hall–Kier alpha value is -3.16. The molecule has 7 atom stereocenters. The standard InChI is InChI=1S/C76H135NO10/c1-3-5-7-9-11-13-14-40-44-48-52-56-60-64-72(81)85-65-61-57-53-49-45-42-39-37-35-33-31-29-27-25-23-21-19-17-15-16-18-20-22-24-26-28-30-32-34-36-38-41-43-47-51-55-59-63-71(80)77-68(69(79)62-58-54-50-46-12-10-8-6-4-2)67-86-76-75(84)74(83)73(82)70(66-78)87-76/h4,6-7,9,12-15,17,21,23,46,58,62,68-70,73-76,78-79,82-84H,3,5,8,10-11,16,18-20,22,24-45,47-57,59-61,63-67H2,1-2H3,(H,77,80)/b6-4+,9-7-,14-13-,17-15-,23-21-,46-12+,62-58+. The largest absolute Gasteiger partial charge is 0.466 e. The number of hydrogen-bond donors (Lipinski definition) is 6. The van der Waals surface area contributed by atoms with Crippen molar-refractivity contribution in [1.82, 2.24) is 5.32 Å². The number of nitrogens with one attached hydrogen (secondary N) is 1. The predicted molar refractivity (Wildman–Crippen MR) is 366 cm³/mol. The van der Waals surface area contributed by atoms with Gasteiger partial charge in [0.2, 0.25) is 5.91 Å². The van der Waals surface area contributed by atoms with E-state index in [-0.39, 0.29) is 18.5 Å². The van der Waals surface area contributed by atoms with Gasteiger partial charge in [0.05, 0.1) is 32.0 Å². The van der Waals surface area contributed by atoms with Gasteiger partial charge in [-0.2, -0.15) is 0 Å². The van der Waals surface area contributed by atoms with Gasteiger partial charge in [0.15, 0.2) is 6.29 Å². The SMILES string of the molecule is C/C=C/CC/C=C/CC/C=C/C(O)C(COC1OC(CO)C(O)C(O)C1O)NC(=O)CCCCCCCCCCCCCCCCCCC/C=C\C/C=C\CCCCCCCCCCCCCCCOC(=O)CCCCCCC/C=C\C/C=C\CCC. The van der Waals surface area contributed by atoms with Gasteiger partial charge < -0.3 is 45.1 Å². The first-order valence-electron chi connectivity index (χ1n) is 36.3. The lowest BCUT2D eigenvalue weighted by Crippen LogP contribution is -2.60. The van der Waals surface area contributed by atoms with Gasteiger partial charge in [-0.15, -0.1) is 0 Å². The molecule has 0 aromatic rings. The first kappa shape index (κ1) is 81.9. The molecule has 0 aromatic heterocycles. The quantitative estimate of drug-likeness (QED) is 0.0195. The van der Waals surface area contributed by atoms with Crippen molar-refractivity contribution in [3.8, 4) is 0 Å². The lowest BCUT2D eigenvalue weighted by atomic mass is 9.99. The number of carbonyl (C=O) groups is 2. The van der Waals surface area contributed by atoms with Gasteiger partial charge in [0.25, 0.3) is 0 Å². The van der Waals surface area contributed by atoms with Gasteiger partial charge in [-0.3, -0.25) is 9.59 Å². The number of unbranched alkanes of at least 4 members (excludes halogenated alkanes) is 38. The van der Waals surface area contributed by atoms with Crippen LogP contribution in [-0.2, 0) is 23.8 Å². The van der Waals surface area contributed by atoms with Gasteiger partial charge >= 0.3 is 5.97 Å². The molecule has 7 unspecified atom stereocenters. The minimum atomic E-state index is -1.58. The number of carbonyl (C=O) groups excluding carboxylic acids is 2. The highest BCUT2D eigenvalue weighted by molar-refractivity contribution is 5.76. The van der Waals surface area contributed by atoms with Gasteiger partial charge in [0.1, 0.15) is 24.4 Å². The van der Waals surface area contributed by atoms with Crippen molar-refractivity contribution in [2.75, 3.05) is 19.8 Å². The monoisotopic (exact) mass is 1220 g/mol. The van der Waals surface area contributed by atoms with Crippen molar-refractivity contribution in [3.05, 3.63) is 85.1 Å². The van der Waals surface area contributed by atoms with Gasteiger partial charge in [-0.25, -0.2) is 0 Å². The fourth-order valence-electron chi connectivity index (χ4n) is 11.1. The van der Waals surface area contributed by atoms with Crippen molar-refractivity contribution < 1.29 is 49.3 Å². The summed E-state index contributed by atoms with van der Waals surface area (Å²) in [6.45, 7) is 4.04. The maximum Gasteiger partial charge on any atom is 0.305 e. The second-order valence-corrected chi connectivity index (χ2v) is 24.9. The zero-order valence-corrected chi connectivity index (χ0v) is 56.0. The van der Waals surface area contributed by atoms with E-state index >= 15 is 0 Å². The van der Waals surface area contributed by atoms with E-state index in [4.69, 9.17) is 14.2 Å². The van der Waals surface area contributed by atoms with Crippen LogP contribution in [0.3, 0.4) is 0 Å². The number of ether oxygens (including phenoxy) is 3. The van der Waals surface area contributed by atoms with E-state index < -0.39 is 49.5 Å². The molecule has 0 bridgehead atoms. The third-order valence-corrected chi connectivity index (χ3v) is 16.8. The molecule has 0 spiro atoms. The van der Waals surface area contributed by atoms with Crippen LogP contribution in [0.5, 0.6) is 0 Å². The van der Waals surface area contributed by atoms with Crippen molar-refractivity contribution >= 4 is 11.9 Å². The highest BCUT2D eigenvalue weighted by Gasteiger charge is 2.44. The predicted octanol–water partition coefficient (Wildman–Crippen LogP) is 18.8. The molecule has 1 heterocycles. The van der Waals surface area contributed by atoms with Crippen molar-refractivity contribution in [2.24, 2.45) is 0 Å². The van der Waals surface area contributed by atoms with Crippen LogP contribution >= 0.6 is 0 Å². The van der Waals surface area contributed by atoms with Gasteiger partial charge in [-0.1, -0.05) is 285 Å².